The van der Waals surface area contributed by atoms with E-state index in [1.807, 2.05) is 18.2 Å². The highest BCUT2D eigenvalue weighted by atomic mass is 79.9. The Labute approximate surface area is 145 Å². The molecule has 0 saturated carbocycles. The van der Waals surface area contributed by atoms with E-state index in [2.05, 4.69) is 28.2 Å². The number of likely N-dealkylation sites (tertiary alicyclic amines) is 1. The number of hydrogen-bond donors (Lipinski definition) is 1. The second-order valence-corrected chi connectivity index (χ2v) is 6.54. The Balaban J connectivity index is 1.77. The third-order valence-corrected chi connectivity index (χ3v) is 4.62. The predicted molar refractivity (Wildman–Crippen MR) is 92.5 cm³/mol. The van der Waals surface area contributed by atoms with E-state index in [0.29, 0.717) is 25.3 Å². The van der Waals surface area contributed by atoms with Crippen molar-refractivity contribution >= 4 is 27.9 Å². The van der Waals surface area contributed by atoms with Crippen LogP contribution in [0.25, 0.3) is 0 Å². The number of carbonyl (C=O) groups is 2. The third-order valence-electron chi connectivity index (χ3n) is 3.93. The van der Waals surface area contributed by atoms with E-state index < -0.39 is 0 Å². The lowest BCUT2D eigenvalue weighted by Gasteiger charge is -2.31. The second-order valence-electron chi connectivity index (χ2n) is 5.68. The van der Waals surface area contributed by atoms with E-state index in [9.17, 15) is 9.59 Å². The number of benzene rings is 1. The van der Waals surface area contributed by atoms with E-state index in [1.165, 1.54) is 0 Å². The molecule has 1 saturated heterocycles. The summed E-state index contributed by atoms with van der Waals surface area (Å²) >= 11 is 3.39. The molecule has 1 aromatic carbocycles. The Morgan fingerprint density at radius 2 is 2.00 bits per heavy atom. The Morgan fingerprint density at radius 1 is 1.30 bits per heavy atom. The topological polar surface area (TPSA) is 58.6 Å². The minimum Gasteiger partial charge on any atom is -0.449 e. The van der Waals surface area contributed by atoms with Crippen molar-refractivity contribution in [2.45, 2.75) is 38.6 Å². The van der Waals surface area contributed by atoms with Crippen LogP contribution < -0.4 is 5.32 Å². The molecular weight excluding hydrogens is 360 g/mol. The summed E-state index contributed by atoms with van der Waals surface area (Å²) in [4.78, 5) is 25.9. The number of halogens is 1. The molecule has 1 aromatic rings. The van der Waals surface area contributed by atoms with Crippen LogP contribution in [0.15, 0.2) is 28.7 Å². The lowest BCUT2D eigenvalue weighted by molar-refractivity contribution is 0.0836. The summed E-state index contributed by atoms with van der Waals surface area (Å²) in [5.74, 6) is -0.0820. The first-order chi connectivity index (χ1) is 11.1. The van der Waals surface area contributed by atoms with Gasteiger partial charge in [0.15, 0.2) is 0 Å². The van der Waals surface area contributed by atoms with Gasteiger partial charge >= 0.3 is 6.09 Å². The molecular formula is C17H23BrN2O3. The molecule has 6 heteroatoms. The molecule has 1 aliphatic heterocycles. The largest absolute Gasteiger partial charge is 0.449 e. The summed E-state index contributed by atoms with van der Waals surface area (Å²) in [6.07, 6.45) is 3.16. The third kappa shape index (κ3) is 5.23. The number of carbonyl (C=O) groups excluding carboxylic acids is 2. The summed E-state index contributed by atoms with van der Waals surface area (Å²) in [6.45, 7) is 3.78. The lowest BCUT2D eigenvalue weighted by Crippen LogP contribution is -2.46. The Bertz CT molecular complexity index is 542. The molecule has 1 heterocycles. The fraction of sp³-hybridized carbons (Fsp3) is 0.529. The molecule has 5 nitrogen and oxygen atoms in total. The number of hydrogen-bond acceptors (Lipinski definition) is 3. The van der Waals surface area contributed by atoms with Crippen molar-refractivity contribution in [2.75, 3.05) is 19.7 Å². The van der Waals surface area contributed by atoms with E-state index in [1.54, 1.807) is 11.0 Å². The molecule has 0 spiro atoms. The zero-order chi connectivity index (χ0) is 16.7. The smallest absolute Gasteiger partial charge is 0.409 e. The van der Waals surface area contributed by atoms with Crippen LogP contribution >= 0.6 is 15.9 Å². The van der Waals surface area contributed by atoms with Gasteiger partial charge in [0, 0.05) is 23.6 Å². The van der Waals surface area contributed by atoms with Crippen LogP contribution in [0.4, 0.5) is 4.79 Å². The average Bonchev–Trinajstić information content (AvgIpc) is 2.56. The number of amides is 2. The van der Waals surface area contributed by atoms with Crippen LogP contribution in [0.2, 0.25) is 0 Å². The summed E-state index contributed by atoms with van der Waals surface area (Å²) in [7, 11) is 0. The van der Waals surface area contributed by atoms with Crippen LogP contribution in [0, 0.1) is 0 Å². The van der Waals surface area contributed by atoms with Gasteiger partial charge in [0.1, 0.15) is 0 Å². The zero-order valence-electron chi connectivity index (χ0n) is 13.4. The van der Waals surface area contributed by atoms with E-state index in [0.717, 1.165) is 30.2 Å². The molecule has 0 unspecified atom stereocenters. The van der Waals surface area contributed by atoms with E-state index >= 15 is 0 Å². The molecule has 0 bridgehead atoms. The molecule has 1 aliphatic rings. The maximum absolute atomic E-state index is 12.3. The zero-order valence-corrected chi connectivity index (χ0v) is 15.0. The number of ether oxygens (including phenoxy) is 1. The first-order valence-electron chi connectivity index (χ1n) is 8.09. The first kappa shape index (κ1) is 17.8. The highest BCUT2D eigenvalue weighted by molar-refractivity contribution is 9.10. The van der Waals surface area contributed by atoms with Gasteiger partial charge in [-0.05, 0) is 47.3 Å². The molecule has 1 fully saturated rings. The molecule has 2 amide bonds. The maximum atomic E-state index is 12.3. The summed E-state index contributed by atoms with van der Waals surface area (Å²) < 4.78 is 6.00. The summed E-state index contributed by atoms with van der Waals surface area (Å²) in [6, 6.07) is 7.45. The van der Waals surface area contributed by atoms with Crippen LogP contribution in [0.5, 0.6) is 0 Å². The quantitative estimate of drug-likeness (QED) is 0.791. The van der Waals surface area contributed by atoms with Crippen LogP contribution in [-0.4, -0.2) is 42.6 Å². The standard InChI is InChI=1S/C17H23BrN2O3/c1-2-3-12-23-17(22)20-10-8-13(9-11-20)19-16(21)14-6-4-5-7-15(14)18/h4-7,13H,2-3,8-12H2,1H3,(H,19,21). The fourth-order valence-corrected chi connectivity index (χ4v) is 2.97. The molecule has 0 aromatic heterocycles. The molecule has 2 rings (SSSR count). The molecule has 23 heavy (non-hydrogen) atoms. The number of nitrogens with one attached hydrogen (secondary N) is 1. The van der Waals surface area contributed by atoms with Crippen molar-refractivity contribution in [3.05, 3.63) is 34.3 Å². The van der Waals surface area contributed by atoms with Gasteiger partial charge in [-0.3, -0.25) is 4.79 Å². The van der Waals surface area contributed by atoms with Crippen LogP contribution in [0.3, 0.4) is 0 Å². The van der Waals surface area contributed by atoms with Gasteiger partial charge in [-0.15, -0.1) is 0 Å². The Kier molecular flexibility index (Phi) is 6.89. The molecule has 126 valence electrons. The summed E-state index contributed by atoms with van der Waals surface area (Å²) in [5.41, 5.74) is 0.633. The lowest BCUT2D eigenvalue weighted by atomic mass is 10.0. The normalized spacial score (nSPS) is 15.3. The van der Waals surface area contributed by atoms with Crippen molar-refractivity contribution in [3.63, 3.8) is 0 Å². The molecule has 0 aliphatic carbocycles. The van der Waals surface area contributed by atoms with Crippen molar-refractivity contribution in [3.8, 4) is 0 Å². The molecule has 0 radical (unpaired) electrons. The second kappa shape index (κ2) is 8.91. The molecule has 0 atom stereocenters. The highest BCUT2D eigenvalue weighted by Crippen LogP contribution is 2.17. The Morgan fingerprint density at radius 3 is 2.65 bits per heavy atom. The van der Waals surface area contributed by atoms with Crippen molar-refractivity contribution < 1.29 is 14.3 Å². The van der Waals surface area contributed by atoms with Gasteiger partial charge in [-0.1, -0.05) is 25.5 Å². The Hall–Kier alpha value is -1.56. The minimum absolute atomic E-state index is 0.0820. The van der Waals surface area contributed by atoms with Crippen molar-refractivity contribution in [2.24, 2.45) is 0 Å². The first-order valence-corrected chi connectivity index (χ1v) is 8.88. The summed E-state index contributed by atoms with van der Waals surface area (Å²) in [5, 5.41) is 3.04. The van der Waals surface area contributed by atoms with Gasteiger partial charge in [-0.25, -0.2) is 4.79 Å². The molecule has 1 N–H and O–H groups in total. The monoisotopic (exact) mass is 382 g/mol. The van der Waals surface area contributed by atoms with Crippen LogP contribution in [-0.2, 0) is 4.74 Å². The van der Waals surface area contributed by atoms with Gasteiger partial charge in [-0.2, -0.15) is 0 Å². The number of nitrogens with zero attached hydrogens (tertiary/aromatic N) is 1. The van der Waals surface area contributed by atoms with Crippen LogP contribution in [0.1, 0.15) is 43.0 Å². The van der Waals surface area contributed by atoms with E-state index in [-0.39, 0.29) is 18.0 Å². The van der Waals surface area contributed by atoms with Gasteiger partial charge in [0.25, 0.3) is 5.91 Å². The average molecular weight is 383 g/mol. The number of piperidine rings is 1. The van der Waals surface area contributed by atoms with Crippen molar-refractivity contribution in [1.29, 1.82) is 0 Å². The fourth-order valence-electron chi connectivity index (χ4n) is 2.51. The number of unbranched alkanes of at least 4 members (excludes halogenated alkanes) is 1. The van der Waals surface area contributed by atoms with Gasteiger partial charge in [0.05, 0.1) is 12.2 Å². The SMILES string of the molecule is CCCCOC(=O)N1CCC(NC(=O)c2ccccc2Br)CC1. The predicted octanol–water partition coefficient (Wildman–Crippen LogP) is 3.58. The highest BCUT2D eigenvalue weighted by Gasteiger charge is 2.25. The maximum Gasteiger partial charge on any atom is 0.409 e. The number of rotatable bonds is 5. The van der Waals surface area contributed by atoms with Crippen molar-refractivity contribution in [1.82, 2.24) is 10.2 Å². The van der Waals surface area contributed by atoms with Gasteiger partial charge < -0.3 is 15.0 Å². The van der Waals surface area contributed by atoms with E-state index in [4.69, 9.17) is 4.74 Å². The minimum atomic E-state index is -0.242. The van der Waals surface area contributed by atoms with Gasteiger partial charge in [0.2, 0.25) is 0 Å².